The third-order valence-electron chi connectivity index (χ3n) is 4.28. The van der Waals surface area contributed by atoms with Crippen molar-refractivity contribution in [2.24, 2.45) is 5.73 Å². The van der Waals surface area contributed by atoms with Crippen LogP contribution in [0.2, 0.25) is 0 Å². The van der Waals surface area contributed by atoms with E-state index in [0.29, 0.717) is 5.89 Å². The molecule has 19 heavy (non-hydrogen) atoms. The van der Waals surface area contributed by atoms with E-state index in [9.17, 15) is 0 Å². The van der Waals surface area contributed by atoms with Gasteiger partial charge in [0.05, 0.1) is 11.6 Å². The van der Waals surface area contributed by atoms with E-state index in [4.69, 9.17) is 10.3 Å². The molecule has 3 saturated heterocycles. The summed E-state index contributed by atoms with van der Waals surface area (Å²) in [5.74, 6) is 1.37. The minimum absolute atomic E-state index is 0.275. The Labute approximate surface area is 113 Å². The molecule has 0 aliphatic carbocycles. The van der Waals surface area contributed by atoms with Crippen molar-refractivity contribution in [3.05, 3.63) is 11.7 Å². The lowest BCUT2D eigenvalue weighted by atomic mass is 9.98. The first-order chi connectivity index (χ1) is 9.10. The summed E-state index contributed by atoms with van der Waals surface area (Å²) in [6, 6.07) is 0.275. The third-order valence-corrected chi connectivity index (χ3v) is 4.28. The minimum atomic E-state index is -0.511. The molecule has 2 bridgehead atoms. The molecule has 3 fully saturated rings. The van der Waals surface area contributed by atoms with E-state index in [1.807, 2.05) is 6.92 Å². The van der Waals surface area contributed by atoms with E-state index in [2.05, 4.69) is 26.9 Å². The van der Waals surface area contributed by atoms with E-state index >= 15 is 0 Å². The number of hydrogen-bond acceptors (Lipinski definition) is 6. The molecule has 1 aromatic heterocycles. The molecule has 0 amide bonds. The van der Waals surface area contributed by atoms with Gasteiger partial charge in [-0.05, 0) is 13.3 Å². The Kier molecular flexibility index (Phi) is 3.32. The quantitative estimate of drug-likeness (QED) is 0.865. The molecule has 0 radical (unpaired) electrons. The highest BCUT2D eigenvalue weighted by Gasteiger charge is 2.37. The molecule has 0 spiro atoms. The average molecular weight is 265 g/mol. The monoisotopic (exact) mass is 265 g/mol. The second-order valence-corrected chi connectivity index (χ2v) is 5.98. The maximum Gasteiger partial charge on any atom is 0.246 e. The molecule has 3 aliphatic heterocycles. The van der Waals surface area contributed by atoms with Gasteiger partial charge in [-0.1, -0.05) is 18.5 Å². The number of fused-ring (bicyclic) bond motifs is 3. The first kappa shape index (κ1) is 13.0. The zero-order chi connectivity index (χ0) is 13.5. The van der Waals surface area contributed by atoms with E-state index in [-0.39, 0.29) is 6.04 Å². The van der Waals surface area contributed by atoms with E-state index < -0.39 is 5.54 Å². The number of aromatic nitrogens is 2. The lowest BCUT2D eigenvalue weighted by Gasteiger charge is -2.46. The largest absolute Gasteiger partial charge is 0.337 e. The fraction of sp³-hybridized carbons (Fsp3) is 0.846. The van der Waals surface area contributed by atoms with Gasteiger partial charge >= 0.3 is 0 Å². The number of piperazine rings is 3. The maximum atomic E-state index is 6.25. The van der Waals surface area contributed by atoms with Gasteiger partial charge in [0.25, 0.3) is 0 Å². The van der Waals surface area contributed by atoms with Crippen molar-refractivity contribution >= 4 is 0 Å². The van der Waals surface area contributed by atoms with Gasteiger partial charge in [0.2, 0.25) is 5.89 Å². The van der Waals surface area contributed by atoms with Gasteiger partial charge in [-0.25, -0.2) is 0 Å². The van der Waals surface area contributed by atoms with Gasteiger partial charge in [-0.2, -0.15) is 4.98 Å². The van der Waals surface area contributed by atoms with Crippen LogP contribution in [0.4, 0.5) is 0 Å². The number of nitrogens with zero attached hydrogens (tertiary/aromatic N) is 4. The van der Waals surface area contributed by atoms with Crippen LogP contribution in [0.25, 0.3) is 0 Å². The van der Waals surface area contributed by atoms with Crippen molar-refractivity contribution in [1.29, 1.82) is 0 Å². The summed E-state index contributed by atoms with van der Waals surface area (Å²) >= 11 is 0. The van der Waals surface area contributed by atoms with Gasteiger partial charge < -0.3 is 10.3 Å². The normalized spacial score (nSPS) is 33.3. The van der Waals surface area contributed by atoms with Crippen molar-refractivity contribution in [3.8, 4) is 0 Å². The van der Waals surface area contributed by atoms with Crippen LogP contribution >= 0.6 is 0 Å². The van der Waals surface area contributed by atoms with Crippen LogP contribution < -0.4 is 5.73 Å². The Morgan fingerprint density at radius 1 is 1.37 bits per heavy atom. The van der Waals surface area contributed by atoms with Crippen LogP contribution in [0.5, 0.6) is 0 Å². The lowest BCUT2D eigenvalue weighted by molar-refractivity contribution is 0.00781. The Morgan fingerprint density at radius 2 is 2.11 bits per heavy atom. The highest BCUT2D eigenvalue weighted by molar-refractivity contribution is 5.05. The standard InChI is InChI=1S/C13H23N5O/c1-3-4-13(2,14)12-15-11(16-19-12)10-9-17-5-7-18(10)8-6-17/h10H,3-9,14H2,1-2H3. The Morgan fingerprint density at radius 3 is 2.68 bits per heavy atom. The number of hydrogen-bond donors (Lipinski definition) is 1. The molecule has 2 N–H and O–H groups in total. The molecular formula is C13H23N5O. The molecule has 2 unspecified atom stereocenters. The topological polar surface area (TPSA) is 71.4 Å². The molecular weight excluding hydrogens is 242 g/mol. The smallest absolute Gasteiger partial charge is 0.246 e. The van der Waals surface area contributed by atoms with Crippen LogP contribution in [-0.2, 0) is 5.54 Å². The number of nitrogens with two attached hydrogens (primary N) is 1. The third kappa shape index (κ3) is 2.40. The average Bonchev–Trinajstić information content (AvgIpc) is 2.90. The summed E-state index contributed by atoms with van der Waals surface area (Å²) < 4.78 is 5.41. The van der Waals surface area contributed by atoms with Crippen molar-refractivity contribution in [2.75, 3.05) is 32.7 Å². The Balaban J connectivity index is 1.78. The van der Waals surface area contributed by atoms with Gasteiger partial charge in [0.1, 0.15) is 0 Å². The summed E-state index contributed by atoms with van der Waals surface area (Å²) in [4.78, 5) is 9.49. The number of rotatable bonds is 4. The van der Waals surface area contributed by atoms with Gasteiger partial charge in [0, 0.05) is 32.7 Å². The van der Waals surface area contributed by atoms with Gasteiger partial charge in [0.15, 0.2) is 5.82 Å². The predicted molar refractivity (Wildman–Crippen MR) is 71.5 cm³/mol. The lowest BCUT2D eigenvalue weighted by Crippen LogP contribution is -2.57. The molecule has 3 aliphatic rings. The first-order valence-corrected chi connectivity index (χ1v) is 7.19. The molecule has 4 rings (SSSR count). The highest BCUT2D eigenvalue weighted by atomic mass is 16.5. The molecule has 0 saturated carbocycles. The van der Waals surface area contributed by atoms with Crippen molar-refractivity contribution in [3.63, 3.8) is 0 Å². The zero-order valence-corrected chi connectivity index (χ0v) is 11.8. The SMILES string of the molecule is CCCC(C)(N)c1nc(C2CN3CCN2CC3)no1. The van der Waals surface area contributed by atoms with E-state index in [1.54, 1.807) is 0 Å². The van der Waals surface area contributed by atoms with Crippen LogP contribution in [-0.4, -0.2) is 52.7 Å². The van der Waals surface area contributed by atoms with E-state index in [0.717, 1.165) is 51.4 Å². The summed E-state index contributed by atoms with van der Waals surface area (Å²) in [6.07, 6.45) is 1.86. The predicted octanol–water partition coefficient (Wildman–Crippen LogP) is 0.716. The molecule has 2 atom stereocenters. The first-order valence-electron chi connectivity index (χ1n) is 7.19. The van der Waals surface area contributed by atoms with Gasteiger partial charge in [-0.15, -0.1) is 0 Å². The molecule has 4 heterocycles. The molecule has 6 nitrogen and oxygen atoms in total. The molecule has 0 aromatic carbocycles. The summed E-state index contributed by atoms with van der Waals surface area (Å²) in [5, 5.41) is 4.17. The van der Waals surface area contributed by atoms with Crippen LogP contribution in [0.1, 0.15) is 44.4 Å². The Bertz CT molecular complexity index is 436. The van der Waals surface area contributed by atoms with Crippen molar-refractivity contribution < 1.29 is 4.52 Å². The summed E-state index contributed by atoms with van der Waals surface area (Å²) in [7, 11) is 0. The van der Waals surface area contributed by atoms with Gasteiger partial charge in [-0.3, -0.25) is 9.80 Å². The van der Waals surface area contributed by atoms with Crippen LogP contribution in [0.15, 0.2) is 4.52 Å². The molecule has 106 valence electrons. The Hall–Kier alpha value is -0.980. The molecule has 6 heteroatoms. The second-order valence-electron chi connectivity index (χ2n) is 5.98. The summed E-state index contributed by atoms with van der Waals surface area (Å²) in [5.41, 5.74) is 5.74. The fourth-order valence-electron chi connectivity index (χ4n) is 3.09. The minimum Gasteiger partial charge on any atom is -0.337 e. The molecule has 1 aromatic rings. The maximum absolute atomic E-state index is 6.25. The van der Waals surface area contributed by atoms with Crippen LogP contribution in [0.3, 0.4) is 0 Å². The fourth-order valence-corrected chi connectivity index (χ4v) is 3.09. The highest BCUT2D eigenvalue weighted by Crippen LogP contribution is 2.29. The zero-order valence-electron chi connectivity index (χ0n) is 11.8. The van der Waals surface area contributed by atoms with Crippen molar-refractivity contribution in [2.45, 2.75) is 38.3 Å². The van der Waals surface area contributed by atoms with Crippen molar-refractivity contribution in [1.82, 2.24) is 19.9 Å². The second kappa shape index (κ2) is 4.85. The van der Waals surface area contributed by atoms with E-state index in [1.165, 1.54) is 0 Å². The summed E-state index contributed by atoms with van der Waals surface area (Å²) in [6.45, 7) is 9.60. The van der Waals surface area contributed by atoms with Crippen LogP contribution in [0, 0.1) is 0 Å².